The third-order valence-electron chi connectivity index (χ3n) is 4.68. The number of nitrogens with one attached hydrogen (secondary N) is 2. The summed E-state index contributed by atoms with van der Waals surface area (Å²) < 4.78 is 11.5. The number of para-hydroxylation sites is 1. The van der Waals surface area contributed by atoms with Crippen LogP contribution in [0.4, 0.5) is 5.69 Å². The van der Waals surface area contributed by atoms with E-state index in [9.17, 15) is 9.59 Å². The van der Waals surface area contributed by atoms with Crippen LogP contribution in [-0.4, -0.2) is 31.1 Å². The monoisotopic (exact) mass is 422 g/mol. The zero-order chi connectivity index (χ0) is 20.8. The summed E-state index contributed by atoms with van der Waals surface area (Å²) in [5.74, 6) is 0.538. The molecule has 0 saturated carbocycles. The van der Waals surface area contributed by atoms with E-state index in [0.717, 1.165) is 12.0 Å². The number of ether oxygens (including phenoxy) is 2. The molecule has 0 aliphatic carbocycles. The number of hydrogen-bond donors (Lipinski definition) is 2. The van der Waals surface area contributed by atoms with Gasteiger partial charge in [0.15, 0.2) is 11.5 Å². The lowest BCUT2D eigenvalue weighted by Gasteiger charge is -2.20. The van der Waals surface area contributed by atoms with Gasteiger partial charge in [0.25, 0.3) is 5.91 Å². The second kappa shape index (κ2) is 9.45. The van der Waals surface area contributed by atoms with Crippen LogP contribution in [0, 0.1) is 0 Å². The smallest absolute Gasteiger partial charge is 0.262 e. The first-order chi connectivity index (χ1) is 14.7. The number of hydrogen-bond acceptors (Lipinski definition) is 5. The summed E-state index contributed by atoms with van der Waals surface area (Å²) in [5.41, 5.74) is 1.48. The molecule has 2 heterocycles. The Morgan fingerprint density at radius 3 is 2.60 bits per heavy atom. The third kappa shape index (κ3) is 4.80. The zero-order valence-corrected chi connectivity index (χ0v) is 17.1. The first-order valence-corrected chi connectivity index (χ1v) is 10.7. The summed E-state index contributed by atoms with van der Waals surface area (Å²) in [6.07, 6.45) is 1.14. The Kier molecular flexibility index (Phi) is 6.29. The van der Waals surface area contributed by atoms with E-state index < -0.39 is 6.04 Å². The van der Waals surface area contributed by atoms with Gasteiger partial charge in [-0.05, 0) is 29.1 Å². The van der Waals surface area contributed by atoms with Crippen molar-refractivity contribution in [2.75, 3.05) is 18.5 Å². The van der Waals surface area contributed by atoms with Crippen LogP contribution in [0.15, 0.2) is 66.0 Å². The van der Waals surface area contributed by atoms with Crippen LogP contribution < -0.4 is 20.1 Å². The molecule has 0 saturated heterocycles. The molecule has 2 N–H and O–H groups in total. The van der Waals surface area contributed by atoms with Gasteiger partial charge < -0.3 is 20.1 Å². The molecule has 1 atom stereocenters. The van der Waals surface area contributed by atoms with E-state index in [1.165, 1.54) is 11.3 Å². The highest BCUT2D eigenvalue weighted by atomic mass is 32.1. The van der Waals surface area contributed by atoms with Crippen LogP contribution >= 0.6 is 11.3 Å². The first-order valence-electron chi connectivity index (χ1n) is 9.78. The van der Waals surface area contributed by atoms with E-state index in [2.05, 4.69) is 10.6 Å². The average Bonchev–Trinajstić information content (AvgIpc) is 3.19. The molecule has 3 aromatic rings. The second-order valence-corrected chi connectivity index (χ2v) is 7.81. The van der Waals surface area contributed by atoms with Crippen LogP contribution in [0.2, 0.25) is 0 Å². The molecule has 4 rings (SSSR count). The summed E-state index contributed by atoms with van der Waals surface area (Å²) in [6.45, 7) is 1.08. The second-order valence-electron chi connectivity index (χ2n) is 6.87. The number of thiophene rings is 1. The van der Waals surface area contributed by atoms with Crippen LogP contribution in [-0.2, 0) is 11.2 Å². The quantitative estimate of drug-likeness (QED) is 0.632. The highest BCUT2D eigenvalue weighted by Crippen LogP contribution is 2.37. The van der Waals surface area contributed by atoms with Crippen LogP contribution in [0.5, 0.6) is 11.5 Å². The Hall–Kier alpha value is -3.32. The molecule has 1 aliphatic rings. The van der Waals surface area contributed by atoms with Gasteiger partial charge in [0.1, 0.15) is 6.04 Å². The van der Waals surface area contributed by atoms with E-state index >= 15 is 0 Å². The summed E-state index contributed by atoms with van der Waals surface area (Å²) in [6, 6.07) is 17.8. The number of anilines is 1. The maximum Gasteiger partial charge on any atom is 0.262 e. The molecule has 2 amide bonds. The lowest BCUT2D eigenvalue weighted by Crippen LogP contribution is -2.45. The first kappa shape index (κ1) is 20.0. The van der Waals surface area contributed by atoms with E-state index in [1.54, 1.807) is 18.2 Å². The van der Waals surface area contributed by atoms with Gasteiger partial charge in [-0.15, -0.1) is 11.3 Å². The van der Waals surface area contributed by atoms with Crippen molar-refractivity contribution < 1.29 is 19.1 Å². The largest absolute Gasteiger partial charge is 0.489 e. The van der Waals surface area contributed by atoms with Crippen molar-refractivity contribution >= 4 is 28.8 Å². The molecule has 1 aromatic heterocycles. The predicted molar refractivity (Wildman–Crippen MR) is 116 cm³/mol. The van der Waals surface area contributed by atoms with E-state index in [-0.39, 0.29) is 11.8 Å². The van der Waals surface area contributed by atoms with Gasteiger partial charge in [0.05, 0.1) is 23.8 Å². The van der Waals surface area contributed by atoms with Crippen LogP contribution in [0.25, 0.3) is 0 Å². The lowest BCUT2D eigenvalue weighted by atomic mass is 10.0. The number of fused-ring (bicyclic) bond motifs is 1. The van der Waals surface area contributed by atoms with E-state index in [4.69, 9.17) is 9.47 Å². The minimum atomic E-state index is -0.746. The molecule has 6 nitrogen and oxygen atoms in total. The minimum Gasteiger partial charge on any atom is -0.489 e. The topological polar surface area (TPSA) is 76.7 Å². The maximum absolute atomic E-state index is 13.2. The molecule has 0 radical (unpaired) electrons. The van der Waals surface area contributed by atoms with Crippen molar-refractivity contribution in [2.24, 2.45) is 0 Å². The normalized spacial score (nSPS) is 13.7. The predicted octanol–water partition coefficient (Wildman–Crippen LogP) is 3.89. The maximum atomic E-state index is 13.2. The number of amides is 2. The van der Waals surface area contributed by atoms with Gasteiger partial charge in [0, 0.05) is 12.8 Å². The Bertz CT molecular complexity index is 1010. The Labute approximate surface area is 178 Å². The van der Waals surface area contributed by atoms with Gasteiger partial charge in [0.2, 0.25) is 5.91 Å². The number of rotatable bonds is 6. The van der Waals surface area contributed by atoms with Crippen molar-refractivity contribution in [1.29, 1.82) is 0 Å². The highest BCUT2D eigenvalue weighted by Gasteiger charge is 2.24. The average molecular weight is 423 g/mol. The van der Waals surface area contributed by atoms with Gasteiger partial charge in [-0.1, -0.05) is 42.5 Å². The molecule has 0 bridgehead atoms. The molecule has 0 spiro atoms. The number of benzene rings is 2. The Morgan fingerprint density at radius 2 is 1.80 bits per heavy atom. The molecule has 1 aliphatic heterocycles. The summed E-state index contributed by atoms with van der Waals surface area (Å²) in [5, 5.41) is 7.61. The molecule has 2 aromatic carbocycles. The van der Waals surface area contributed by atoms with Crippen molar-refractivity contribution in [1.82, 2.24) is 5.32 Å². The third-order valence-corrected chi connectivity index (χ3v) is 5.55. The fourth-order valence-corrected chi connectivity index (χ4v) is 3.83. The van der Waals surface area contributed by atoms with Gasteiger partial charge in [-0.3, -0.25) is 9.59 Å². The van der Waals surface area contributed by atoms with Crippen LogP contribution in [0.3, 0.4) is 0 Å². The molecule has 30 heavy (non-hydrogen) atoms. The minimum absolute atomic E-state index is 0.271. The van der Waals surface area contributed by atoms with Gasteiger partial charge in [-0.25, -0.2) is 0 Å². The highest BCUT2D eigenvalue weighted by molar-refractivity contribution is 7.12. The SMILES string of the molecule is O=C(NC(Cc1ccccc1)C(=O)Nc1cccc2c1OCCCO2)c1cccs1. The number of carbonyl (C=O) groups is 2. The van der Waals surface area contributed by atoms with Crippen molar-refractivity contribution in [3.8, 4) is 11.5 Å². The fraction of sp³-hybridized carbons (Fsp3) is 0.217. The van der Waals surface area contributed by atoms with E-state index in [0.29, 0.717) is 41.7 Å². The molecule has 1 unspecified atom stereocenters. The van der Waals surface area contributed by atoms with Crippen LogP contribution in [0.1, 0.15) is 21.7 Å². The zero-order valence-electron chi connectivity index (χ0n) is 16.3. The number of carbonyl (C=O) groups excluding carboxylic acids is 2. The molecular weight excluding hydrogens is 400 g/mol. The summed E-state index contributed by atoms with van der Waals surface area (Å²) in [4.78, 5) is 26.4. The van der Waals surface area contributed by atoms with E-state index in [1.807, 2.05) is 47.8 Å². The van der Waals surface area contributed by atoms with Crippen molar-refractivity contribution in [3.05, 3.63) is 76.5 Å². The fourth-order valence-electron chi connectivity index (χ4n) is 3.21. The molecular formula is C23H22N2O4S. The standard InChI is InChI=1S/C23H22N2O4S/c26-22(24-17-9-4-10-19-21(17)29-13-6-12-28-19)18(15-16-7-2-1-3-8-16)25-23(27)20-11-5-14-30-20/h1-5,7-11,14,18H,6,12-13,15H2,(H,24,26)(H,25,27). The molecule has 0 fully saturated rings. The summed E-state index contributed by atoms with van der Waals surface area (Å²) in [7, 11) is 0. The van der Waals surface area contributed by atoms with Gasteiger partial charge >= 0.3 is 0 Å². The Morgan fingerprint density at radius 1 is 0.967 bits per heavy atom. The van der Waals surface area contributed by atoms with Crippen molar-refractivity contribution in [2.45, 2.75) is 18.9 Å². The van der Waals surface area contributed by atoms with Crippen molar-refractivity contribution in [3.63, 3.8) is 0 Å². The Balaban J connectivity index is 1.55. The summed E-state index contributed by atoms with van der Waals surface area (Å²) >= 11 is 1.34. The lowest BCUT2D eigenvalue weighted by molar-refractivity contribution is -0.118. The van der Waals surface area contributed by atoms with Gasteiger partial charge in [-0.2, -0.15) is 0 Å². The molecule has 7 heteroatoms. The molecule has 154 valence electrons.